The van der Waals surface area contributed by atoms with Crippen LogP contribution in [0.15, 0.2) is 4.79 Å². The molecular weight excluding hydrogens is 188 g/mol. The molecule has 1 N–H and O–H groups in total. The van der Waals surface area contributed by atoms with Crippen LogP contribution >= 0.6 is 0 Å². The predicted molar refractivity (Wildman–Crippen MR) is 63.3 cm³/mol. The normalized spacial score (nSPS) is 12.5. The molecular formula is C12H22N2O. The molecule has 86 valence electrons. The van der Waals surface area contributed by atoms with E-state index in [4.69, 9.17) is 0 Å². The van der Waals surface area contributed by atoms with Gasteiger partial charge in [-0.3, -0.25) is 14.6 Å². The van der Waals surface area contributed by atoms with Crippen LogP contribution in [0.1, 0.15) is 45.9 Å². The van der Waals surface area contributed by atoms with Gasteiger partial charge in [-0.25, -0.2) is 0 Å². The van der Waals surface area contributed by atoms with Crippen molar-refractivity contribution in [2.45, 2.75) is 46.5 Å². The summed E-state index contributed by atoms with van der Waals surface area (Å²) < 4.78 is 1.86. The fourth-order valence-corrected chi connectivity index (χ4v) is 2.14. The van der Waals surface area contributed by atoms with Gasteiger partial charge in [-0.05, 0) is 12.3 Å². The number of hydrogen-bond acceptors (Lipinski definition) is 1. The Morgan fingerprint density at radius 1 is 1.33 bits per heavy atom. The van der Waals surface area contributed by atoms with Gasteiger partial charge in [0, 0.05) is 23.7 Å². The van der Waals surface area contributed by atoms with Crippen molar-refractivity contribution in [1.29, 1.82) is 0 Å². The van der Waals surface area contributed by atoms with Crippen molar-refractivity contribution in [1.82, 2.24) is 9.78 Å². The van der Waals surface area contributed by atoms with E-state index in [2.05, 4.69) is 39.7 Å². The molecule has 1 rings (SSSR count). The van der Waals surface area contributed by atoms with E-state index >= 15 is 0 Å². The van der Waals surface area contributed by atoms with Crippen molar-refractivity contribution in [3.8, 4) is 0 Å². The molecule has 3 heteroatoms. The second-order valence-electron chi connectivity index (χ2n) is 5.68. The van der Waals surface area contributed by atoms with Crippen LogP contribution in [0.2, 0.25) is 0 Å². The molecule has 1 aromatic rings. The number of aryl methyl sites for hydroxylation is 1. The lowest BCUT2D eigenvalue weighted by Gasteiger charge is -2.21. The fourth-order valence-electron chi connectivity index (χ4n) is 2.14. The monoisotopic (exact) mass is 210 g/mol. The van der Waals surface area contributed by atoms with Crippen LogP contribution in [0.4, 0.5) is 0 Å². The van der Waals surface area contributed by atoms with E-state index in [0.29, 0.717) is 5.92 Å². The summed E-state index contributed by atoms with van der Waals surface area (Å²) >= 11 is 0. The maximum atomic E-state index is 11.8. The summed E-state index contributed by atoms with van der Waals surface area (Å²) in [7, 11) is 1.91. The third-order valence-corrected chi connectivity index (χ3v) is 2.49. The third kappa shape index (κ3) is 2.52. The Balaban J connectivity index is 3.30. The van der Waals surface area contributed by atoms with E-state index in [1.54, 1.807) is 0 Å². The van der Waals surface area contributed by atoms with Gasteiger partial charge in [0.25, 0.3) is 5.56 Å². The molecule has 0 radical (unpaired) electrons. The van der Waals surface area contributed by atoms with Gasteiger partial charge in [0.1, 0.15) is 0 Å². The molecule has 0 aliphatic carbocycles. The smallest absolute Gasteiger partial charge is 0.267 e. The van der Waals surface area contributed by atoms with Gasteiger partial charge < -0.3 is 0 Å². The zero-order chi connectivity index (χ0) is 11.8. The first kappa shape index (κ1) is 12.1. The lowest BCUT2D eigenvalue weighted by molar-refractivity contribution is 0.511. The maximum Gasteiger partial charge on any atom is 0.267 e. The van der Waals surface area contributed by atoms with Gasteiger partial charge in [0.2, 0.25) is 0 Å². The van der Waals surface area contributed by atoms with E-state index in [1.165, 1.54) is 0 Å². The fraction of sp³-hybridized carbons (Fsp3) is 0.750. The van der Waals surface area contributed by atoms with Crippen molar-refractivity contribution in [2.24, 2.45) is 13.0 Å². The first-order valence-electron chi connectivity index (χ1n) is 5.52. The lowest BCUT2D eigenvalue weighted by Crippen LogP contribution is -2.20. The van der Waals surface area contributed by atoms with E-state index in [9.17, 15) is 4.79 Å². The molecule has 0 saturated carbocycles. The first-order chi connectivity index (χ1) is 6.73. The Labute approximate surface area is 91.5 Å². The third-order valence-electron chi connectivity index (χ3n) is 2.49. The minimum atomic E-state index is 0.0120. The summed E-state index contributed by atoms with van der Waals surface area (Å²) in [6.45, 7) is 10.7. The summed E-state index contributed by atoms with van der Waals surface area (Å²) in [5, 5.41) is 2.85. The van der Waals surface area contributed by atoms with E-state index in [1.807, 2.05) is 11.7 Å². The zero-order valence-corrected chi connectivity index (χ0v) is 10.6. The van der Waals surface area contributed by atoms with Gasteiger partial charge in [0.15, 0.2) is 0 Å². The largest absolute Gasteiger partial charge is 0.291 e. The highest BCUT2D eigenvalue weighted by molar-refractivity contribution is 5.25. The molecule has 3 nitrogen and oxygen atoms in total. The molecule has 0 saturated heterocycles. The molecule has 0 bridgehead atoms. The summed E-state index contributed by atoms with van der Waals surface area (Å²) in [5.41, 5.74) is 2.15. The Kier molecular flexibility index (Phi) is 3.12. The lowest BCUT2D eigenvalue weighted by atomic mass is 9.87. The summed E-state index contributed by atoms with van der Waals surface area (Å²) in [5.74, 6) is 0.509. The Morgan fingerprint density at radius 3 is 2.27 bits per heavy atom. The Hall–Kier alpha value is -0.990. The molecule has 0 unspecified atom stereocenters. The van der Waals surface area contributed by atoms with Crippen LogP contribution in [0.25, 0.3) is 0 Å². The zero-order valence-electron chi connectivity index (χ0n) is 10.6. The second-order valence-corrected chi connectivity index (χ2v) is 5.68. The van der Waals surface area contributed by atoms with Crippen LogP contribution in [0.3, 0.4) is 0 Å². The van der Waals surface area contributed by atoms with Crippen molar-refractivity contribution in [2.75, 3.05) is 0 Å². The number of nitrogens with one attached hydrogen (secondary N) is 1. The summed E-state index contributed by atoms with van der Waals surface area (Å²) in [6, 6.07) is 0. The number of aromatic nitrogens is 2. The maximum absolute atomic E-state index is 11.8. The molecule has 0 fully saturated rings. The number of H-pyrrole nitrogens is 1. The molecule has 0 aromatic carbocycles. The molecule has 0 amide bonds. The summed E-state index contributed by atoms with van der Waals surface area (Å²) in [4.78, 5) is 11.8. The standard InChI is InChI=1S/C12H22N2O/c1-8(2)7-9-10(12(3,4)5)14(6)13-11(9)15/h8H,7H2,1-6H3,(H,13,15). The highest BCUT2D eigenvalue weighted by Gasteiger charge is 2.24. The SMILES string of the molecule is CC(C)Cc1c(C(C)(C)C)n(C)[nH]c1=O. The average Bonchev–Trinajstić information content (AvgIpc) is 2.23. The van der Waals surface area contributed by atoms with E-state index < -0.39 is 0 Å². The van der Waals surface area contributed by atoms with Crippen LogP contribution in [-0.2, 0) is 18.9 Å². The van der Waals surface area contributed by atoms with Crippen LogP contribution in [-0.4, -0.2) is 9.78 Å². The molecule has 15 heavy (non-hydrogen) atoms. The Bertz CT molecular complexity index is 391. The van der Waals surface area contributed by atoms with Gasteiger partial charge >= 0.3 is 0 Å². The molecule has 1 aromatic heterocycles. The Morgan fingerprint density at radius 2 is 1.87 bits per heavy atom. The van der Waals surface area contributed by atoms with Gasteiger partial charge in [-0.15, -0.1) is 0 Å². The van der Waals surface area contributed by atoms with Gasteiger partial charge in [-0.1, -0.05) is 34.6 Å². The summed E-state index contributed by atoms with van der Waals surface area (Å²) in [6.07, 6.45) is 0.850. The van der Waals surface area contributed by atoms with Crippen molar-refractivity contribution >= 4 is 0 Å². The second kappa shape index (κ2) is 3.87. The number of nitrogens with zero attached hydrogens (tertiary/aromatic N) is 1. The van der Waals surface area contributed by atoms with Gasteiger partial charge in [-0.2, -0.15) is 0 Å². The quantitative estimate of drug-likeness (QED) is 0.798. The first-order valence-corrected chi connectivity index (χ1v) is 5.52. The molecule has 0 atom stereocenters. The van der Waals surface area contributed by atoms with Crippen LogP contribution in [0, 0.1) is 5.92 Å². The predicted octanol–water partition coefficient (Wildman–Crippen LogP) is 2.21. The van der Waals surface area contributed by atoms with Crippen LogP contribution in [0.5, 0.6) is 0 Å². The van der Waals surface area contributed by atoms with Crippen molar-refractivity contribution < 1.29 is 0 Å². The number of rotatable bonds is 2. The number of hydrogen-bond donors (Lipinski definition) is 1. The molecule has 0 aliphatic heterocycles. The topological polar surface area (TPSA) is 37.8 Å². The average molecular weight is 210 g/mol. The van der Waals surface area contributed by atoms with E-state index in [0.717, 1.165) is 17.7 Å². The molecule has 0 aliphatic rings. The number of aromatic amines is 1. The minimum Gasteiger partial charge on any atom is -0.291 e. The minimum absolute atomic E-state index is 0.0120. The van der Waals surface area contributed by atoms with Crippen molar-refractivity contribution in [3.63, 3.8) is 0 Å². The van der Waals surface area contributed by atoms with Crippen molar-refractivity contribution in [3.05, 3.63) is 21.6 Å². The van der Waals surface area contributed by atoms with Gasteiger partial charge in [0.05, 0.1) is 0 Å². The highest BCUT2D eigenvalue weighted by atomic mass is 16.1. The van der Waals surface area contributed by atoms with E-state index in [-0.39, 0.29) is 11.0 Å². The molecule has 0 spiro atoms. The molecule has 1 heterocycles. The highest BCUT2D eigenvalue weighted by Crippen LogP contribution is 2.24. The van der Waals surface area contributed by atoms with Crippen LogP contribution < -0.4 is 5.56 Å².